The van der Waals surface area contributed by atoms with Gasteiger partial charge in [-0.3, -0.25) is 0 Å². The summed E-state index contributed by atoms with van der Waals surface area (Å²) in [5.41, 5.74) is 5.54. The summed E-state index contributed by atoms with van der Waals surface area (Å²) in [5, 5.41) is 17.2. The first-order valence-electron chi connectivity index (χ1n) is 6.28. The van der Waals surface area contributed by atoms with Crippen molar-refractivity contribution in [1.82, 2.24) is 10.2 Å². The van der Waals surface area contributed by atoms with Gasteiger partial charge in [0.25, 0.3) is 0 Å². The number of nitrogens with two attached hydrogens (primary N) is 1. The highest BCUT2D eigenvalue weighted by Gasteiger charge is 2.22. The average molecular weight is 236 g/mol. The number of hydrogen-bond acceptors (Lipinski definition) is 5. The predicted molar refractivity (Wildman–Crippen MR) is 67.7 cm³/mol. The van der Waals surface area contributed by atoms with Gasteiger partial charge in [-0.25, -0.2) is 0 Å². The number of aliphatic hydroxyl groups is 1. The third-order valence-electron chi connectivity index (χ3n) is 3.32. The quantitative estimate of drug-likeness (QED) is 0.821. The van der Waals surface area contributed by atoms with Crippen LogP contribution in [0.4, 0.5) is 11.6 Å². The maximum atomic E-state index is 9.17. The van der Waals surface area contributed by atoms with Gasteiger partial charge >= 0.3 is 0 Å². The largest absolute Gasteiger partial charge is 0.395 e. The van der Waals surface area contributed by atoms with Crippen LogP contribution in [0, 0.1) is 0 Å². The SMILES string of the molecule is Nc1ccc(N(CCO)C2CCCCC2)nn1. The Morgan fingerprint density at radius 1 is 1.24 bits per heavy atom. The lowest BCUT2D eigenvalue weighted by molar-refractivity contribution is 0.289. The molecule has 0 spiro atoms. The minimum absolute atomic E-state index is 0.141. The molecule has 2 rings (SSSR count). The van der Waals surface area contributed by atoms with Gasteiger partial charge < -0.3 is 15.7 Å². The van der Waals surface area contributed by atoms with Crippen LogP contribution in [0.2, 0.25) is 0 Å². The lowest BCUT2D eigenvalue weighted by Gasteiger charge is -2.34. The molecule has 0 radical (unpaired) electrons. The van der Waals surface area contributed by atoms with Crippen molar-refractivity contribution in [3.8, 4) is 0 Å². The van der Waals surface area contributed by atoms with Crippen molar-refractivity contribution in [3.63, 3.8) is 0 Å². The van der Waals surface area contributed by atoms with Crippen LogP contribution in [0.15, 0.2) is 12.1 Å². The molecule has 1 heterocycles. The Labute approximate surface area is 102 Å². The van der Waals surface area contributed by atoms with Crippen molar-refractivity contribution in [3.05, 3.63) is 12.1 Å². The van der Waals surface area contributed by atoms with E-state index in [1.54, 1.807) is 6.07 Å². The van der Waals surface area contributed by atoms with E-state index in [9.17, 15) is 0 Å². The van der Waals surface area contributed by atoms with E-state index < -0.39 is 0 Å². The molecule has 1 aromatic heterocycles. The number of aliphatic hydroxyl groups excluding tert-OH is 1. The van der Waals surface area contributed by atoms with Gasteiger partial charge in [0.1, 0.15) is 5.82 Å². The standard InChI is InChI=1S/C12H20N4O/c13-11-6-7-12(15-14-11)16(8-9-17)10-4-2-1-3-5-10/h6-7,10,17H,1-5,8-9H2,(H2,13,14). The second kappa shape index (κ2) is 5.82. The van der Waals surface area contributed by atoms with Crippen LogP contribution >= 0.6 is 0 Å². The van der Waals surface area contributed by atoms with Crippen LogP contribution in [0.5, 0.6) is 0 Å². The Bertz CT molecular complexity index is 335. The van der Waals surface area contributed by atoms with Gasteiger partial charge in [0.05, 0.1) is 6.61 Å². The summed E-state index contributed by atoms with van der Waals surface area (Å²) < 4.78 is 0. The van der Waals surface area contributed by atoms with E-state index in [1.165, 1.54) is 32.1 Å². The van der Waals surface area contributed by atoms with E-state index in [1.807, 2.05) is 6.07 Å². The van der Waals surface area contributed by atoms with Crippen LogP contribution in [-0.4, -0.2) is 34.5 Å². The molecule has 0 saturated heterocycles. The van der Waals surface area contributed by atoms with Crippen LogP contribution in [0.3, 0.4) is 0 Å². The summed E-state index contributed by atoms with van der Waals surface area (Å²) in [6, 6.07) is 4.12. The van der Waals surface area contributed by atoms with Gasteiger partial charge in [-0.1, -0.05) is 19.3 Å². The van der Waals surface area contributed by atoms with Crippen molar-refractivity contribution < 1.29 is 5.11 Å². The fourth-order valence-corrected chi connectivity index (χ4v) is 2.47. The van der Waals surface area contributed by atoms with Crippen LogP contribution in [0.1, 0.15) is 32.1 Å². The van der Waals surface area contributed by atoms with Gasteiger partial charge in [-0.15, -0.1) is 10.2 Å². The minimum atomic E-state index is 0.141. The zero-order chi connectivity index (χ0) is 12.1. The first-order chi connectivity index (χ1) is 8.31. The van der Waals surface area contributed by atoms with E-state index in [-0.39, 0.29) is 6.61 Å². The molecule has 5 nitrogen and oxygen atoms in total. The second-order valence-electron chi connectivity index (χ2n) is 4.53. The van der Waals surface area contributed by atoms with Crippen molar-refractivity contribution in [2.45, 2.75) is 38.1 Å². The Hall–Kier alpha value is -1.36. The zero-order valence-electron chi connectivity index (χ0n) is 10.0. The molecule has 0 amide bonds. The Morgan fingerprint density at radius 2 is 2.00 bits per heavy atom. The summed E-state index contributed by atoms with van der Waals surface area (Å²) in [6.45, 7) is 0.756. The van der Waals surface area contributed by atoms with Crippen molar-refractivity contribution in [2.75, 3.05) is 23.8 Å². The van der Waals surface area contributed by atoms with E-state index in [0.717, 1.165) is 5.82 Å². The Morgan fingerprint density at radius 3 is 2.59 bits per heavy atom. The van der Waals surface area contributed by atoms with E-state index in [0.29, 0.717) is 18.4 Å². The molecule has 1 aliphatic carbocycles. The molecule has 0 bridgehead atoms. The molecular formula is C12H20N4O. The molecule has 1 aliphatic rings. The highest BCUT2D eigenvalue weighted by atomic mass is 16.3. The number of nitrogens with zero attached hydrogens (tertiary/aromatic N) is 3. The molecule has 94 valence electrons. The molecule has 17 heavy (non-hydrogen) atoms. The number of aromatic nitrogens is 2. The monoisotopic (exact) mass is 236 g/mol. The van der Waals surface area contributed by atoms with Crippen LogP contribution in [0.25, 0.3) is 0 Å². The van der Waals surface area contributed by atoms with Crippen molar-refractivity contribution in [2.24, 2.45) is 0 Å². The van der Waals surface area contributed by atoms with E-state index in [2.05, 4.69) is 15.1 Å². The van der Waals surface area contributed by atoms with Gasteiger partial charge in [-0.2, -0.15) is 0 Å². The van der Waals surface area contributed by atoms with E-state index in [4.69, 9.17) is 10.8 Å². The summed E-state index contributed by atoms with van der Waals surface area (Å²) in [4.78, 5) is 2.16. The predicted octanol–water partition coefficient (Wildman–Crippen LogP) is 1.19. The van der Waals surface area contributed by atoms with Gasteiger partial charge in [0.15, 0.2) is 5.82 Å². The van der Waals surface area contributed by atoms with Crippen LogP contribution in [-0.2, 0) is 0 Å². The van der Waals surface area contributed by atoms with Gasteiger partial charge in [0, 0.05) is 12.6 Å². The number of rotatable bonds is 4. The maximum absolute atomic E-state index is 9.17. The highest BCUT2D eigenvalue weighted by molar-refractivity contribution is 5.42. The fourth-order valence-electron chi connectivity index (χ4n) is 2.47. The lowest BCUT2D eigenvalue weighted by Crippen LogP contribution is -2.39. The zero-order valence-corrected chi connectivity index (χ0v) is 10.0. The second-order valence-corrected chi connectivity index (χ2v) is 4.53. The number of nitrogen functional groups attached to an aromatic ring is 1. The third-order valence-corrected chi connectivity index (χ3v) is 3.32. The molecule has 0 atom stereocenters. The van der Waals surface area contributed by atoms with E-state index >= 15 is 0 Å². The number of hydrogen-bond donors (Lipinski definition) is 2. The summed E-state index contributed by atoms with van der Waals surface area (Å²) in [7, 11) is 0. The van der Waals surface area contributed by atoms with Gasteiger partial charge in [0.2, 0.25) is 0 Å². The Balaban J connectivity index is 2.12. The molecular weight excluding hydrogens is 216 g/mol. The highest BCUT2D eigenvalue weighted by Crippen LogP contribution is 2.25. The Kier molecular flexibility index (Phi) is 4.14. The molecule has 5 heteroatoms. The van der Waals surface area contributed by atoms with Crippen LogP contribution < -0.4 is 10.6 Å². The molecule has 0 unspecified atom stereocenters. The molecule has 3 N–H and O–H groups in total. The topological polar surface area (TPSA) is 75.3 Å². The average Bonchev–Trinajstić information content (AvgIpc) is 2.38. The lowest BCUT2D eigenvalue weighted by atomic mass is 9.94. The summed E-state index contributed by atoms with van der Waals surface area (Å²) in [6.07, 6.45) is 6.18. The number of anilines is 2. The molecule has 0 aliphatic heterocycles. The maximum Gasteiger partial charge on any atom is 0.151 e. The summed E-state index contributed by atoms with van der Waals surface area (Å²) in [5.74, 6) is 1.25. The molecule has 0 aromatic carbocycles. The third kappa shape index (κ3) is 3.06. The van der Waals surface area contributed by atoms with Gasteiger partial charge in [-0.05, 0) is 25.0 Å². The molecule has 1 aromatic rings. The fraction of sp³-hybridized carbons (Fsp3) is 0.667. The first kappa shape index (κ1) is 12.1. The molecule has 1 fully saturated rings. The van der Waals surface area contributed by atoms with Crippen molar-refractivity contribution in [1.29, 1.82) is 0 Å². The molecule has 1 saturated carbocycles. The first-order valence-corrected chi connectivity index (χ1v) is 6.28. The van der Waals surface area contributed by atoms with Crippen molar-refractivity contribution >= 4 is 11.6 Å². The normalized spacial score (nSPS) is 17.0. The summed E-state index contributed by atoms with van der Waals surface area (Å²) >= 11 is 0. The smallest absolute Gasteiger partial charge is 0.151 e. The minimum Gasteiger partial charge on any atom is -0.395 e.